The van der Waals surface area contributed by atoms with Crippen molar-refractivity contribution in [3.8, 4) is 0 Å². The Morgan fingerprint density at radius 1 is 1.00 bits per heavy atom. The van der Waals surface area contributed by atoms with E-state index in [0.29, 0.717) is 25.7 Å². The maximum atomic E-state index is 12.7. The Labute approximate surface area is 226 Å². The third kappa shape index (κ3) is 5.20. The van der Waals surface area contributed by atoms with Gasteiger partial charge in [-0.25, -0.2) is 4.79 Å². The molecule has 5 N–H and O–H groups in total. The molecule has 4 aliphatic rings. The number of aliphatic hydroxyl groups is 4. The zero-order valence-electron chi connectivity index (χ0n) is 23.3. The third-order valence-electron chi connectivity index (χ3n) is 11.6. The second-order valence-corrected chi connectivity index (χ2v) is 13.2. The summed E-state index contributed by atoms with van der Waals surface area (Å²) in [6.45, 7) is 6.46. The normalized spacial score (nSPS) is 42.9. The van der Waals surface area contributed by atoms with E-state index in [4.69, 9.17) is 4.74 Å². The van der Waals surface area contributed by atoms with Crippen LogP contribution in [-0.2, 0) is 9.53 Å². The maximum absolute atomic E-state index is 12.7. The molecule has 0 radical (unpaired) electrons. The fraction of sp³-hybridized carbons (Fsp3) is 0.931. The molecule has 4 saturated carbocycles. The van der Waals surface area contributed by atoms with E-state index in [1.807, 2.05) is 0 Å². The van der Waals surface area contributed by atoms with E-state index in [1.54, 1.807) is 0 Å². The van der Waals surface area contributed by atoms with E-state index < -0.39 is 24.3 Å². The van der Waals surface area contributed by atoms with Crippen molar-refractivity contribution in [3.63, 3.8) is 0 Å². The molecule has 0 saturated heterocycles. The molecule has 0 spiro atoms. The number of aliphatic hydroxyl groups excluding tert-OH is 4. The fourth-order valence-corrected chi connectivity index (χ4v) is 9.53. The van der Waals surface area contributed by atoms with Crippen LogP contribution in [0.25, 0.3) is 0 Å². The third-order valence-corrected chi connectivity index (χ3v) is 11.6. The first-order chi connectivity index (χ1) is 18.0. The van der Waals surface area contributed by atoms with Crippen molar-refractivity contribution < 1.29 is 39.9 Å². The van der Waals surface area contributed by atoms with Crippen molar-refractivity contribution in [1.29, 1.82) is 0 Å². The smallest absolute Gasteiger partial charge is 0.410 e. The lowest BCUT2D eigenvalue weighted by molar-refractivity contribution is -0.207. The average Bonchev–Trinajstić information content (AvgIpc) is 3.22. The highest BCUT2D eigenvalue weighted by Gasteiger charge is 2.65. The van der Waals surface area contributed by atoms with E-state index in [9.17, 15) is 35.1 Å². The Hall–Kier alpha value is -1.42. The predicted octanol–water partition coefficient (Wildman–Crippen LogP) is 2.88. The topological polar surface area (TPSA) is 148 Å². The molecule has 0 aliphatic heterocycles. The summed E-state index contributed by atoms with van der Waals surface area (Å²) in [5.74, 6) is 0.367. The summed E-state index contributed by atoms with van der Waals surface area (Å²) in [6, 6.07) is 0. The van der Waals surface area contributed by atoms with Gasteiger partial charge in [0.15, 0.2) is 0 Å². The van der Waals surface area contributed by atoms with Gasteiger partial charge in [0.2, 0.25) is 0 Å². The predicted molar refractivity (Wildman–Crippen MR) is 140 cm³/mol. The van der Waals surface area contributed by atoms with Crippen LogP contribution in [0.2, 0.25) is 0 Å². The highest BCUT2D eigenvalue weighted by molar-refractivity contribution is 5.68. The first kappa shape index (κ1) is 29.6. The van der Waals surface area contributed by atoms with Gasteiger partial charge >= 0.3 is 12.1 Å². The van der Waals surface area contributed by atoms with E-state index in [1.165, 1.54) is 4.90 Å². The van der Waals surface area contributed by atoms with Crippen molar-refractivity contribution in [2.75, 3.05) is 26.3 Å². The van der Waals surface area contributed by atoms with Crippen molar-refractivity contribution in [1.82, 2.24) is 4.90 Å². The van der Waals surface area contributed by atoms with Gasteiger partial charge in [-0.3, -0.25) is 4.79 Å². The monoisotopic (exact) mass is 539 g/mol. The van der Waals surface area contributed by atoms with Gasteiger partial charge in [-0.05, 0) is 97.7 Å². The number of fused-ring (bicyclic) bond motifs is 5. The molecule has 4 aliphatic carbocycles. The van der Waals surface area contributed by atoms with Crippen molar-refractivity contribution in [3.05, 3.63) is 0 Å². The lowest BCUT2D eigenvalue weighted by Gasteiger charge is -2.63. The molecule has 11 atom stereocenters. The van der Waals surface area contributed by atoms with Crippen molar-refractivity contribution in [2.24, 2.45) is 46.3 Å². The molecule has 0 bridgehead atoms. The van der Waals surface area contributed by atoms with Crippen LogP contribution in [0.3, 0.4) is 0 Å². The Morgan fingerprint density at radius 2 is 1.68 bits per heavy atom. The summed E-state index contributed by atoms with van der Waals surface area (Å²) in [6.07, 6.45) is 4.48. The van der Waals surface area contributed by atoms with Crippen LogP contribution in [0, 0.1) is 46.3 Å². The SMILES string of the molecule is CC(CCC(=O)O)C1CC[C@H]2[C@H]3C(CC(O)C12C)C1(C)CC[C@@H](OC(=O)N(CCO)CCO)C[C@@H]1C[C@@H]3O. The highest BCUT2D eigenvalue weighted by Crippen LogP contribution is 2.68. The largest absolute Gasteiger partial charge is 0.481 e. The number of carboxylic acids is 1. The standard InChI is InChI=1S/C29H49NO8/c1-17(4-7-25(35)36)20-5-6-21-26-22(16-24(34)29(20,21)3)28(2)9-8-19(14-18(28)15-23(26)33)38-27(37)30(10-12-31)11-13-32/h17-24,26,31-34H,4-16H2,1-3H3,(H,35,36)/t17?,18-,19-,20?,21+,22?,23+,24?,26+,28?,29?/m1/s1. The minimum absolute atomic E-state index is 0.0575. The molecule has 0 aromatic carbocycles. The van der Waals surface area contributed by atoms with Crippen LogP contribution in [-0.4, -0.2) is 87.1 Å². The number of carboxylic acid groups (broad SMARTS) is 1. The summed E-state index contributed by atoms with van der Waals surface area (Å²) in [4.78, 5) is 25.2. The quantitative estimate of drug-likeness (QED) is 0.300. The lowest BCUT2D eigenvalue weighted by atomic mass is 9.43. The molecule has 0 aromatic rings. The number of nitrogens with zero attached hydrogens (tertiary/aromatic N) is 1. The van der Waals surface area contributed by atoms with Gasteiger partial charge in [-0.15, -0.1) is 0 Å². The minimum Gasteiger partial charge on any atom is -0.481 e. The molecular weight excluding hydrogens is 490 g/mol. The van der Waals surface area contributed by atoms with Crippen molar-refractivity contribution >= 4 is 12.1 Å². The summed E-state index contributed by atoms with van der Waals surface area (Å²) >= 11 is 0. The van der Waals surface area contributed by atoms with Crippen LogP contribution in [0.4, 0.5) is 4.79 Å². The van der Waals surface area contributed by atoms with E-state index in [0.717, 1.165) is 25.7 Å². The van der Waals surface area contributed by atoms with Crippen LogP contribution < -0.4 is 0 Å². The first-order valence-electron chi connectivity index (χ1n) is 14.7. The Kier molecular flexibility index (Phi) is 9.02. The molecule has 0 heterocycles. The molecular formula is C29H49NO8. The first-order valence-corrected chi connectivity index (χ1v) is 14.7. The Balaban J connectivity index is 1.48. The van der Waals surface area contributed by atoms with Gasteiger partial charge in [0.1, 0.15) is 6.10 Å². The molecule has 1 amide bonds. The second-order valence-electron chi connectivity index (χ2n) is 13.2. The zero-order chi connectivity index (χ0) is 27.8. The molecule has 218 valence electrons. The molecule has 6 unspecified atom stereocenters. The molecule has 4 rings (SSSR count). The van der Waals surface area contributed by atoms with Gasteiger partial charge in [0.05, 0.1) is 25.4 Å². The molecule has 0 aromatic heterocycles. The van der Waals surface area contributed by atoms with Gasteiger partial charge in [-0.1, -0.05) is 20.8 Å². The maximum Gasteiger partial charge on any atom is 0.410 e. The van der Waals surface area contributed by atoms with Crippen LogP contribution in [0.15, 0.2) is 0 Å². The Bertz CT molecular complexity index is 848. The van der Waals surface area contributed by atoms with E-state index >= 15 is 0 Å². The lowest BCUT2D eigenvalue weighted by Crippen LogP contribution is -2.62. The molecule has 9 heteroatoms. The number of amides is 1. The fourth-order valence-electron chi connectivity index (χ4n) is 9.53. The number of hydrogen-bond acceptors (Lipinski definition) is 7. The van der Waals surface area contributed by atoms with Crippen molar-refractivity contribution in [2.45, 2.75) is 96.9 Å². The summed E-state index contributed by atoms with van der Waals surface area (Å²) in [5.41, 5.74) is -0.378. The Morgan fingerprint density at radius 3 is 2.32 bits per heavy atom. The number of rotatable bonds is 9. The van der Waals surface area contributed by atoms with Crippen LogP contribution >= 0.6 is 0 Å². The van der Waals surface area contributed by atoms with Gasteiger partial charge in [0.25, 0.3) is 0 Å². The zero-order valence-corrected chi connectivity index (χ0v) is 23.3. The summed E-state index contributed by atoms with van der Waals surface area (Å²) < 4.78 is 5.80. The van der Waals surface area contributed by atoms with Crippen LogP contribution in [0.5, 0.6) is 0 Å². The van der Waals surface area contributed by atoms with Gasteiger partial charge < -0.3 is 35.2 Å². The van der Waals surface area contributed by atoms with Crippen LogP contribution in [0.1, 0.15) is 78.6 Å². The van der Waals surface area contributed by atoms with E-state index in [-0.39, 0.29) is 85.2 Å². The summed E-state index contributed by atoms with van der Waals surface area (Å²) in [5, 5.41) is 50.9. The van der Waals surface area contributed by atoms with Gasteiger partial charge in [0, 0.05) is 19.5 Å². The number of carbonyl (C=O) groups excluding carboxylic acids is 1. The molecule has 38 heavy (non-hydrogen) atoms. The number of carbonyl (C=O) groups is 2. The highest BCUT2D eigenvalue weighted by atomic mass is 16.6. The van der Waals surface area contributed by atoms with E-state index in [2.05, 4.69) is 20.8 Å². The number of hydrogen-bond donors (Lipinski definition) is 5. The second kappa shape index (κ2) is 11.6. The molecule has 9 nitrogen and oxygen atoms in total. The minimum atomic E-state index is -0.779. The van der Waals surface area contributed by atoms with Gasteiger partial charge in [-0.2, -0.15) is 0 Å². The molecule has 4 fully saturated rings. The summed E-state index contributed by atoms with van der Waals surface area (Å²) in [7, 11) is 0. The number of ether oxygens (including phenoxy) is 1. The number of aliphatic carboxylic acids is 1. The average molecular weight is 540 g/mol.